The molecule has 0 saturated carbocycles. The lowest BCUT2D eigenvalue weighted by atomic mass is 9.93. The zero-order valence-electron chi connectivity index (χ0n) is 32.1. The van der Waals surface area contributed by atoms with Crippen LogP contribution in [0, 0.1) is 0 Å². The first-order valence-electron chi connectivity index (χ1n) is 20.0. The number of aromatic nitrogens is 4. The van der Waals surface area contributed by atoms with E-state index < -0.39 is 0 Å². The van der Waals surface area contributed by atoms with Gasteiger partial charge in [-0.1, -0.05) is 152 Å². The summed E-state index contributed by atoms with van der Waals surface area (Å²) in [6, 6.07) is 66.4. The van der Waals surface area contributed by atoms with Crippen LogP contribution in [0.25, 0.3) is 122 Å². The maximum absolute atomic E-state index is 6.79. The Balaban J connectivity index is 1.11. The summed E-state index contributed by atoms with van der Waals surface area (Å²) >= 11 is 0. The largest absolute Gasteiger partial charge is 0.455 e. The van der Waals surface area contributed by atoms with Crippen LogP contribution in [0.4, 0.5) is 0 Å². The average Bonchev–Trinajstić information content (AvgIpc) is 3.92. The third-order valence-electron chi connectivity index (χ3n) is 11.3. The molecule has 9 aromatic carbocycles. The van der Waals surface area contributed by atoms with Gasteiger partial charge in [0.25, 0.3) is 0 Å². The van der Waals surface area contributed by atoms with Crippen molar-refractivity contribution >= 4 is 54.6 Å². The normalized spacial score (nSPS) is 11.7. The lowest BCUT2D eigenvalue weighted by molar-refractivity contribution is 0.620. The predicted octanol–water partition coefficient (Wildman–Crippen LogP) is 14.2. The van der Waals surface area contributed by atoms with E-state index in [1.54, 1.807) is 0 Å². The van der Waals surface area contributed by atoms with E-state index >= 15 is 0 Å². The van der Waals surface area contributed by atoms with E-state index in [0.717, 1.165) is 88.0 Å². The van der Waals surface area contributed by atoms with Crippen LogP contribution in [0.3, 0.4) is 0 Å². The second kappa shape index (κ2) is 13.7. The molecule has 0 fully saturated rings. The van der Waals surface area contributed by atoms with Crippen molar-refractivity contribution < 1.29 is 8.83 Å². The molecule has 280 valence electrons. The molecule has 0 saturated heterocycles. The fourth-order valence-corrected chi connectivity index (χ4v) is 8.40. The van der Waals surface area contributed by atoms with Gasteiger partial charge in [-0.15, -0.1) is 0 Å². The summed E-state index contributed by atoms with van der Waals surface area (Å²) in [5.74, 6) is 2.28. The highest BCUT2D eigenvalue weighted by molar-refractivity contribution is 6.19. The van der Waals surface area contributed by atoms with E-state index in [2.05, 4.69) is 133 Å². The van der Waals surface area contributed by atoms with Gasteiger partial charge in [0.15, 0.2) is 23.1 Å². The molecule has 0 aliphatic rings. The lowest BCUT2D eigenvalue weighted by Crippen LogP contribution is -2.00. The third-order valence-corrected chi connectivity index (χ3v) is 11.3. The van der Waals surface area contributed by atoms with Crippen LogP contribution in [-0.4, -0.2) is 19.9 Å². The fraction of sp³-hybridized carbons (Fsp3) is 0. The maximum atomic E-state index is 6.79. The van der Waals surface area contributed by atoms with Gasteiger partial charge in [-0.05, 0) is 80.7 Å². The minimum absolute atomic E-state index is 0.543. The van der Waals surface area contributed by atoms with E-state index in [4.69, 9.17) is 28.8 Å². The van der Waals surface area contributed by atoms with Crippen molar-refractivity contribution in [1.82, 2.24) is 19.9 Å². The van der Waals surface area contributed by atoms with Crippen molar-refractivity contribution in [2.75, 3.05) is 0 Å². The Morgan fingerprint density at radius 2 is 0.933 bits per heavy atom. The SMILES string of the molecule is c1ccc(-c2cccc(-c3nc(-c4ccccc4)nc(-c4cc(-c5c6nc(-c7ccc8ccccc8c7)oc6cc6c5oc5ccccc56)c5ccccc5c4)n3)c2)cc1. The highest BCUT2D eigenvalue weighted by Crippen LogP contribution is 2.45. The molecule has 0 spiro atoms. The number of nitrogens with zero attached hydrogens (tertiary/aromatic N) is 4. The third kappa shape index (κ3) is 5.73. The predicted molar refractivity (Wildman–Crippen MR) is 242 cm³/mol. The summed E-state index contributed by atoms with van der Waals surface area (Å²) in [6.45, 7) is 0. The molecule has 0 radical (unpaired) electrons. The number of benzene rings is 9. The zero-order chi connectivity index (χ0) is 39.6. The first kappa shape index (κ1) is 33.9. The average molecular weight is 769 g/mol. The van der Waals surface area contributed by atoms with Crippen LogP contribution in [0.5, 0.6) is 0 Å². The molecule has 6 nitrogen and oxygen atoms in total. The second-order valence-electron chi connectivity index (χ2n) is 15.0. The number of hydrogen-bond acceptors (Lipinski definition) is 6. The molecule has 60 heavy (non-hydrogen) atoms. The summed E-state index contributed by atoms with van der Waals surface area (Å²) < 4.78 is 13.5. The lowest BCUT2D eigenvalue weighted by Gasteiger charge is -2.13. The van der Waals surface area contributed by atoms with Gasteiger partial charge >= 0.3 is 0 Å². The Bertz CT molecular complexity index is 3610. The molecule has 0 bridgehead atoms. The minimum Gasteiger partial charge on any atom is -0.455 e. The van der Waals surface area contributed by atoms with Crippen LogP contribution in [0.2, 0.25) is 0 Å². The first-order chi connectivity index (χ1) is 29.7. The van der Waals surface area contributed by atoms with Crippen LogP contribution in [-0.2, 0) is 0 Å². The number of para-hydroxylation sites is 1. The van der Waals surface area contributed by atoms with E-state index in [0.29, 0.717) is 34.5 Å². The molecule has 0 aliphatic heterocycles. The van der Waals surface area contributed by atoms with Crippen LogP contribution in [0.15, 0.2) is 203 Å². The van der Waals surface area contributed by atoms with Crippen LogP contribution in [0.1, 0.15) is 0 Å². The number of furan rings is 1. The zero-order valence-corrected chi connectivity index (χ0v) is 32.1. The van der Waals surface area contributed by atoms with Gasteiger partial charge in [-0.25, -0.2) is 19.9 Å². The van der Waals surface area contributed by atoms with Crippen molar-refractivity contribution in [2.24, 2.45) is 0 Å². The molecule has 0 N–H and O–H groups in total. The summed E-state index contributed by atoms with van der Waals surface area (Å²) in [5.41, 5.74) is 10.5. The van der Waals surface area contributed by atoms with Crippen LogP contribution >= 0.6 is 0 Å². The van der Waals surface area contributed by atoms with Gasteiger partial charge in [0.05, 0.1) is 5.56 Å². The molecular weight excluding hydrogens is 737 g/mol. The molecule has 3 aromatic heterocycles. The monoisotopic (exact) mass is 768 g/mol. The number of fused-ring (bicyclic) bond motifs is 6. The Kier molecular flexibility index (Phi) is 7.74. The molecule has 0 atom stereocenters. The summed E-state index contributed by atoms with van der Waals surface area (Å²) in [7, 11) is 0. The van der Waals surface area contributed by atoms with Crippen molar-refractivity contribution in [3.63, 3.8) is 0 Å². The topological polar surface area (TPSA) is 77.8 Å². The highest BCUT2D eigenvalue weighted by atomic mass is 16.4. The van der Waals surface area contributed by atoms with Gasteiger partial charge in [0.1, 0.15) is 16.7 Å². The molecule has 3 heterocycles. The molecule has 12 rings (SSSR count). The van der Waals surface area contributed by atoms with E-state index in [-0.39, 0.29) is 0 Å². The Labute approximate surface area is 344 Å². The maximum Gasteiger partial charge on any atom is 0.227 e. The number of rotatable bonds is 6. The van der Waals surface area contributed by atoms with E-state index in [1.165, 1.54) is 0 Å². The minimum atomic E-state index is 0.543. The molecule has 0 aliphatic carbocycles. The smallest absolute Gasteiger partial charge is 0.227 e. The molecular formula is C54H32N4O2. The standard InChI is InChI=1S/C54H32N4O2/c1-3-14-33(15-4-1)37-21-13-22-39(28-37)52-56-51(35-17-5-2-6-18-35)57-53(58-52)41-30-38-20-9-10-23-42(38)44(31-41)48-49-47(32-45-43-24-11-12-25-46(43)59-50(45)48)60-54(55-49)40-27-26-34-16-7-8-19-36(34)29-40/h1-32H. The van der Waals surface area contributed by atoms with E-state index in [1.807, 2.05) is 60.7 Å². The van der Waals surface area contributed by atoms with Gasteiger partial charge in [-0.3, -0.25) is 0 Å². The van der Waals surface area contributed by atoms with Crippen molar-refractivity contribution in [3.05, 3.63) is 194 Å². The quantitative estimate of drug-likeness (QED) is 0.168. The number of oxazole rings is 1. The van der Waals surface area contributed by atoms with Gasteiger partial charge in [0.2, 0.25) is 5.89 Å². The Hall–Kier alpha value is -8.22. The molecule has 12 aromatic rings. The molecule has 0 amide bonds. The van der Waals surface area contributed by atoms with Gasteiger partial charge in [0, 0.05) is 33.0 Å². The molecule has 0 unspecified atom stereocenters. The summed E-state index contributed by atoms with van der Waals surface area (Å²) in [4.78, 5) is 20.7. The Morgan fingerprint density at radius 3 is 1.75 bits per heavy atom. The molecule has 6 heteroatoms. The van der Waals surface area contributed by atoms with Gasteiger partial charge in [-0.2, -0.15) is 0 Å². The first-order valence-corrected chi connectivity index (χ1v) is 20.0. The van der Waals surface area contributed by atoms with Crippen molar-refractivity contribution in [3.8, 4) is 67.9 Å². The second-order valence-corrected chi connectivity index (χ2v) is 15.0. The van der Waals surface area contributed by atoms with Crippen molar-refractivity contribution in [1.29, 1.82) is 0 Å². The number of hydrogen-bond donors (Lipinski definition) is 0. The summed E-state index contributed by atoms with van der Waals surface area (Å²) in [5, 5.41) is 6.31. The van der Waals surface area contributed by atoms with Crippen molar-refractivity contribution in [2.45, 2.75) is 0 Å². The van der Waals surface area contributed by atoms with Gasteiger partial charge < -0.3 is 8.83 Å². The fourth-order valence-electron chi connectivity index (χ4n) is 8.40. The Morgan fingerprint density at radius 1 is 0.317 bits per heavy atom. The van der Waals surface area contributed by atoms with Crippen LogP contribution < -0.4 is 0 Å². The summed E-state index contributed by atoms with van der Waals surface area (Å²) in [6.07, 6.45) is 0. The highest BCUT2D eigenvalue weighted by Gasteiger charge is 2.24. The van der Waals surface area contributed by atoms with E-state index in [9.17, 15) is 0 Å².